The number of hydrogen-bond donors (Lipinski definition) is 0. The Morgan fingerprint density at radius 2 is 2.38 bits per heavy atom. The predicted molar refractivity (Wildman–Crippen MR) is 52.1 cm³/mol. The molecule has 1 atom stereocenters. The summed E-state index contributed by atoms with van der Waals surface area (Å²) < 4.78 is 5.15. The first kappa shape index (κ1) is 8.54. The topological polar surface area (TPSA) is 22.1 Å². The van der Waals surface area contributed by atoms with Gasteiger partial charge in [-0.15, -0.1) is 0 Å². The molecule has 2 rings (SSSR count). The van der Waals surface area contributed by atoms with Gasteiger partial charge in [-0.25, -0.2) is 0 Å². The van der Waals surface area contributed by atoms with Crippen LogP contribution in [0.3, 0.4) is 0 Å². The fraction of sp³-hybridized carbons (Fsp3) is 0.545. The molecule has 0 aromatic carbocycles. The minimum atomic E-state index is 0.620. The molecule has 0 radical (unpaired) electrons. The fourth-order valence-electron chi connectivity index (χ4n) is 1.99. The molecular formula is C11H15NO. The smallest absolute Gasteiger partial charge is 0.137 e. The minimum absolute atomic E-state index is 0.620. The van der Waals surface area contributed by atoms with Crippen LogP contribution < -0.4 is 4.74 Å². The zero-order valence-electron chi connectivity index (χ0n) is 8.21. The summed E-state index contributed by atoms with van der Waals surface area (Å²) in [6.45, 7) is 2.25. The summed E-state index contributed by atoms with van der Waals surface area (Å²) in [5.74, 6) is 1.50. The highest BCUT2D eigenvalue weighted by Gasteiger charge is 2.17. The molecule has 1 aliphatic carbocycles. The van der Waals surface area contributed by atoms with Crippen LogP contribution in [0.5, 0.6) is 5.75 Å². The van der Waals surface area contributed by atoms with Gasteiger partial charge in [0.15, 0.2) is 0 Å². The quantitative estimate of drug-likeness (QED) is 0.657. The second-order valence-electron chi connectivity index (χ2n) is 3.71. The van der Waals surface area contributed by atoms with E-state index < -0.39 is 0 Å². The zero-order chi connectivity index (χ0) is 9.26. The van der Waals surface area contributed by atoms with Crippen molar-refractivity contribution in [3.63, 3.8) is 0 Å². The summed E-state index contributed by atoms with van der Waals surface area (Å²) in [5, 5.41) is 0. The second-order valence-corrected chi connectivity index (χ2v) is 3.71. The van der Waals surface area contributed by atoms with Gasteiger partial charge in [0.05, 0.1) is 13.3 Å². The van der Waals surface area contributed by atoms with Crippen molar-refractivity contribution >= 4 is 0 Å². The van der Waals surface area contributed by atoms with E-state index in [1.807, 2.05) is 6.20 Å². The first-order valence-corrected chi connectivity index (χ1v) is 4.84. The summed E-state index contributed by atoms with van der Waals surface area (Å²) in [5.41, 5.74) is 2.64. The number of hydrogen-bond acceptors (Lipinski definition) is 2. The van der Waals surface area contributed by atoms with Crippen molar-refractivity contribution in [3.8, 4) is 5.75 Å². The molecule has 2 nitrogen and oxygen atoms in total. The molecule has 2 heteroatoms. The Kier molecular flexibility index (Phi) is 2.21. The standard InChI is InChI=1S/C11H15NO/c1-8-4-3-5-9-6-10(13-2)7-12-11(8)9/h6-8H,3-5H2,1-2H3. The van der Waals surface area contributed by atoms with E-state index in [9.17, 15) is 0 Å². The van der Waals surface area contributed by atoms with Crippen LogP contribution in [0.25, 0.3) is 0 Å². The molecule has 13 heavy (non-hydrogen) atoms. The molecule has 0 fully saturated rings. The van der Waals surface area contributed by atoms with Crippen molar-refractivity contribution in [1.29, 1.82) is 0 Å². The van der Waals surface area contributed by atoms with Crippen LogP contribution in [0.4, 0.5) is 0 Å². The molecule has 0 saturated heterocycles. The molecule has 0 bridgehead atoms. The van der Waals surface area contributed by atoms with Gasteiger partial charge in [0.1, 0.15) is 5.75 Å². The number of aryl methyl sites for hydroxylation is 1. The third-order valence-electron chi connectivity index (χ3n) is 2.76. The van der Waals surface area contributed by atoms with Gasteiger partial charge in [-0.1, -0.05) is 6.92 Å². The van der Waals surface area contributed by atoms with E-state index in [1.54, 1.807) is 7.11 Å². The summed E-state index contributed by atoms with van der Waals surface area (Å²) in [6.07, 6.45) is 5.53. The Morgan fingerprint density at radius 3 is 3.15 bits per heavy atom. The predicted octanol–water partition coefficient (Wildman–Crippen LogP) is 2.53. The van der Waals surface area contributed by atoms with Gasteiger partial charge in [0.2, 0.25) is 0 Å². The lowest BCUT2D eigenvalue weighted by Gasteiger charge is -2.21. The van der Waals surface area contributed by atoms with E-state index in [0.29, 0.717) is 5.92 Å². The highest BCUT2D eigenvalue weighted by molar-refractivity contribution is 5.32. The Morgan fingerprint density at radius 1 is 1.54 bits per heavy atom. The lowest BCUT2D eigenvalue weighted by atomic mass is 9.88. The van der Waals surface area contributed by atoms with Gasteiger partial charge in [0, 0.05) is 5.69 Å². The van der Waals surface area contributed by atoms with Gasteiger partial charge >= 0.3 is 0 Å². The molecule has 0 amide bonds. The van der Waals surface area contributed by atoms with Crippen molar-refractivity contribution in [2.45, 2.75) is 32.1 Å². The average molecular weight is 177 g/mol. The van der Waals surface area contributed by atoms with Crippen LogP contribution in [0, 0.1) is 0 Å². The summed E-state index contributed by atoms with van der Waals surface area (Å²) in [6, 6.07) is 2.12. The number of pyridine rings is 1. The average Bonchev–Trinajstić information content (AvgIpc) is 2.18. The van der Waals surface area contributed by atoms with Crippen LogP contribution in [0.15, 0.2) is 12.3 Å². The molecule has 0 N–H and O–H groups in total. The summed E-state index contributed by atoms with van der Waals surface area (Å²) in [7, 11) is 1.69. The molecule has 0 saturated carbocycles. The van der Waals surface area contributed by atoms with Crippen LogP contribution >= 0.6 is 0 Å². The lowest BCUT2D eigenvalue weighted by molar-refractivity contribution is 0.410. The first-order chi connectivity index (χ1) is 6.31. The Balaban J connectivity index is 2.39. The van der Waals surface area contributed by atoms with Crippen LogP contribution in [-0.4, -0.2) is 12.1 Å². The van der Waals surface area contributed by atoms with E-state index in [1.165, 1.54) is 24.1 Å². The highest BCUT2D eigenvalue weighted by Crippen LogP contribution is 2.30. The molecular weight excluding hydrogens is 162 g/mol. The zero-order valence-corrected chi connectivity index (χ0v) is 8.21. The maximum absolute atomic E-state index is 5.15. The monoisotopic (exact) mass is 177 g/mol. The highest BCUT2D eigenvalue weighted by atomic mass is 16.5. The largest absolute Gasteiger partial charge is 0.495 e. The molecule has 1 aromatic heterocycles. The fourth-order valence-corrected chi connectivity index (χ4v) is 1.99. The normalized spacial score (nSPS) is 20.9. The van der Waals surface area contributed by atoms with Crippen molar-refractivity contribution in [2.75, 3.05) is 7.11 Å². The molecule has 70 valence electrons. The van der Waals surface area contributed by atoms with Gasteiger partial charge in [0.25, 0.3) is 0 Å². The molecule has 0 spiro atoms. The molecule has 1 heterocycles. The number of aromatic nitrogens is 1. The van der Waals surface area contributed by atoms with Crippen LogP contribution in [0.1, 0.15) is 36.9 Å². The third kappa shape index (κ3) is 1.53. The molecule has 1 unspecified atom stereocenters. The van der Waals surface area contributed by atoms with Gasteiger partial charge < -0.3 is 4.74 Å². The van der Waals surface area contributed by atoms with Crippen LogP contribution in [0.2, 0.25) is 0 Å². The van der Waals surface area contributed by atoms with Gasteiger partial charge in [-0.05, 0) is 36.8 Å². The lowest BCUT2D eigenvalue weighted by Crippen LogP contribution is -2.09. The number of fused-ring (bicyclic) bond motifs is 1. The Labute approximate surface area is 78.9 Å². The molecule has 0 aliphatic heterocycles. The summed E-state index contributed by atoms with van der Waals surface area (Å²) >= 11 is 0. The SMILES string of the molecule is COc1cnc2c(c1)CCCC2C. The first-order valence-electron chi connectivity index (χ1n) is 4.84. The number of rotatable bonds is 1. The second kappa shape index (κ2) is 3.36. The Hall–Kier alpha value is -1.05. The van der Waals surface area contributed by atoms with E-state index in [2.05, 4.69) is 18.0 Å². The maximum Gasteiger partial charge on any atom is 0.137 e. The number of nitrogens with zero attached hydrogens (tertiary/aromatic N) is 1. The van der Waals surface area contributed by atoms with E-state index >= 15 is 0 Å². The molecule has 1 aromatic rings. The van der Waals surface area contributed by atoms with Crippen molar-refractivity contribution < 1.29 is 4.74 Å². The minimum Gasteiger partial charge on any atom is -0.495 e. The van der Waals surface area contributed by atoms with Gasteiger partial charge in [-0.2, -0.15) is 0 Å². The van der Waals surface area contributed by atoms with E-state index in [-0.39, 0.29) is 0 Å². The van der Waals surface area contributed by atoms with E-state index in [4.69, 9.17) is 4.74 Å². The summed E-state index contributed by atoms with van der Waals surface area (Å²) in [4.78, 5) is 4.45. The number of ether oxygens (including phenoxy) is 1. The van der Waals surface area contributed by atoms with Crippen molar-refractivity contribution in [2.24, 2.45) is 0 Å². The van der Waals surface area contributed by atoms with Crippen LogP contribution in [-0.2, 0) is 6.42 Å². The molecule has 1 aliphatic rings. The third-order valence-corrected chi connectivity index (χ3v) is 2.76. The van der Waals surface area contributed by atoms with Crippen molar-refractivity contribution in [1.82, 2.24) is 4.98 Å². The van der Waals surface area contributed by atoms with Crippen molar-refractivity contribution in [3.05, 3.63) is 23.5 Å². The maximum atomic E-state index is 5.15. The Bertz CT molecular complexity index is 309. The van der Waals surface area contributed by atoms with E-state index in [0.717, 1.165) is 12.2 Å². The number of methoxy groups -OCH3 is 1. The van der Waals surface area contributed by atoms with Gasteiger partial charge in [-0.3, -0.25) is 4.98 Å².